The van der Waals surface area contributed by atoms with Crippen molar-refractivity contribution < 1.29 is 9.59 Å². The molecule has 2 heterocycles. The van der Waals surface area contributed by atoms with Gasteiger partial charge in [0, 0.05) is 25.2 Å². The molecule has 36 heavy (non-hydrogen) atoms. The lowest BCUT2D eigenvalue weighted by molar-refractivity contribution is -0.122. The molecule has 1 fully saturated rings. The van der Waals surface area contributed by atoms with Crippen molar-refractivity contribution in [3.8, 4) is 0 Å². The Balaban J connectivity index is 1.46. The Hall–Kier alpha value is -4.21. The largest absolute Gasteiger partial charge is 0.352 e. The van der Waals surface area contributed by atoms with Crippen LogP contribution in [0.5, 0.6) is 0 Å². The second kappa shape index (κ2) is 9.44. The van der Waals surface area contributed by atoms with E-state index in [-0.39, 0.29) is 46.6 Å². The molecule has 10 heteroatoms. The summed E-state index contributed by atoms with van der Waals surface area (Å²) in [6, 6.07) is 12.6. The summed E-state index contributed by atoms with van der Waals surface area (Å²) in [5, 5.41) is 10.4. The Morgan fingerprint density at radius 3 is 2.50 bits per heavy atom. The molecule has 0 atom stereocenters. The average Bonchev–Trinajstić information content (AvgIpc) is 3.50. The fraction of sp³-hybridized carbons (Fsp3) is 0.346. The monoisotopic (exact) mass is 488 g/mol. The Morgan fingerprint density at radius 1 is 1.06 bits per heavy atom. The molecule has 1 aliphatic rings. The fourth-order valence-corrected chi connectivity index (χ4v) is 4.67. The van der Waals surface area contributed by atoms with E-state index in [0.29, 0.717) is 12.1 Å². The summed E-state index contributed by atoms with van der Waals surface area (Å²) in [5.41, 5.74) is 1.79. The average molecular weight is 489 g/mol. The van der Waals surface area contributed by atoms with Gasteiger partial charge in [0.05, 0.1) is 10.9 Å². The molecular weight excluding hydrogens is 460 g/mol. The van der Waals surface area contributed by atoms with Gasteiger partial charge in [-0.3, -0.25) is 19.0 Å². The highest BCUT2D eigenvalue weighted by molar-refractivity contribution is 5.98. The maximum Gasteiger partial charge on any atom is 0.352 e. The van der Waals surface area contributed by atoms with E-state index in [1.54, 1.807) is 18.2 Å². The second-order valence-electron chi connectivity index (χ2n) is 9.39. The second-order valence-corrected chi connectivity index (χ2v) is 9.39. The van der Waals surface area contributed by atoms with Gasteiger partial charge >= 0.3 is 5.69 Å². The summed E-state index contributed by atoms with van der Waals surface area (Å²) in [5.74, 6) is -0.530. The smallest absolute Gasteiger partial charge is 0.350 e. The molecule has 0 radical (unpaired) electrons. The van der Waals surface area contributed by atoms with Crippen LogP contribution in [0.2, 0.25) is 0 Å². The highest BCUT2D eigenvalue weighted by Gasteiger charge is 2.21. The molecule has 0 spiro atoms. The first-order chi connectivity index (χ1) is 17.3. The molecule has 0 bridgehead atoms. The Morgan fingerprint density at radius 2 is 1.78 bits per heavy atom. The van der Waals surface area contributed by atoms with Crippen molar-refractivity contribution in [3.05, 3.63) is 80.0 Å². The lowest BCUT2D eigenvalue weighted by Crippen LogP contribution is -2.33. The summed E-state index contributed by atoms with van der Waals surface area (Å²) in [7, 11) is 1.52. The molecule has 0 saturated heterocycles. The Kier molecular flexibility index (Phi) is 6.17. The van der Waals surface area contributed by atoms with Crippen LogP contribution in [0.15, 0.2) is 52.1 Å². The number of fused-ring (bicyclic) bond motifs is 3. The molecule has 0 aliphatic heterocycles. The Labute approximate surface area is 206 Å². The molecule has 186 valence electrons. The van der Waals surface area contributed by atoms with Gasteiger partial charge in [0.1, 0.15) is 6.54 Å². The number of nitrogens with zero attached hydrogens (tertiary/aromatic N) is 4. The van der Waals surface area contributed by atoms with Crippen LogP contribution in [-0.4, -0.2) is 36.6 Å². The zero-order valence-electron chi connectivity index (χ0n) is 20.3. The lowest BCUT2D eigenvalue weighted by atomic mass is 10.1. The predicted octanol–water partition coefficient (Wildman–Crippen LogP) is 1.65. The van der Waals surface area contributed by atoms with Gasteiger partial charge in [-0.2, -0.15) is 0 Å². The topological polar surface area (TPSA) is 120 Å². The number of hydrogen-bond acceptors (Lipinski definition) is 5. The molecule has 10 nitrogen and oxygen atoms in total. The number of aromatic nitrogens is 4. The molecule has 1 aliphatic carbocycles. The van der Waals surface area contributed by atoms with Gasteiger partial charge in [0.2, 0.25) is 11.7 Å². The van der Waals surface area contributed by atoms with Crippen LogP contribution >= 0.6 is 0 Å². The number of benzene rings is 2. The minimum absolute atomic E-state index is 0.0946. The number of carbonyl (C=O) groups excluding carboxylic acids is 2. The molecule has 0 unspecified atom stereocenters. The van der Waals surface area contributed by atoms with Crippen molar-refractivity contribution >= 4 is 28.5 Å². The third-order valence-electron chi connectivity index (χ3n) is 6.75. The fourth-order valence-electron chi connectivity index (χ4n) is 4.67. The lowest BCUT2D eigenvalue weighted by Gasteiger charge is -2.12. The maximum atomic E-state index is 13.3. The van der Waals surface area contributed by atoms with Crippen molar-refractivity contribution in [2.24, 2.45) is 7.05 Å². The highest BCUT2D eigenvalue weighted by atomic mass is 16.2. The first kappa shape index (κ1) is 23.5. The third-order valence-corrected chi connectivity index (χ3v) is 6.75. The van der Waals surface area contributed by atoms with Crippen molar-refractivity contribution in [2.75, 3.05) is 0 Å². The van der Waals surface area contributed by atoms with E-state index >= 15 is 0 Å². The zero-order chi connectivity index (χ0) is 25.4. The number of nitrogens with one attached hydrogen (secondary N) is 2. The third kappa shape index (κ3) is 4.41. The van der Waals surface area contributed by atoms with Gasteiger partial charge < -0.3 is 10.6 Å². The molecular formula is C26H28N6O4. The molecule has 1 saturated carbocycles. The standard InChI is InChI=1S/C26H28N6O4/c1-16-7-9-17(10-8-16)14-27-22(33)15-31-26(36)32-21-13-18(23(34)28-19-5-3-4-6-19)11-12-20(21)24(35)30(2)25(32)29-31/h7-13,19H,3-6,14-15H2,1-2H3,(H,27,33)(H,28,34). The van der Waals surface area contributed by atoms with Crippen molar-refractivity contribution in [1.82, 2.24) is 29.4 Å². The van der Waals surface area contributed by atoms with Crippen LogP contribution in [0.4, 0.5) is 0 Å². The normalized spacial score (nSPS) is 13.9. The van der Waals surface area contributed by atoms with Crippen molar-refractivity contribution in [1.29, 1.82) is 0 Å². The minimum Gasteiger partial charge on any atom is -0.350 e. The van der Waals surface area contributed by atoms with E-state index in [0.717, 1.165) is 41.5 Å². The number of carbonyl (C=O) groups is 2. The molecule has 2 N–H and O–H groups in total. The summed E-state index contributed by atoms with van der Waals surface area (Å²) >= 11 is 0. The van der Waals surface area contributed by atoms with Gasteiger partial charge in [-0.15, -0.1) is 5.10 Å². The van der Waals surface area contributed by atoms with Crippen molar-refractivity contribution in [2.45, 2.75) is 51.7 Å². The number of rotatable bonds is 6. The summed E-state index contributed by atoms with van der Waals surface area (Å²) in [6.45, 7) is 2.01. The first-order valence-electron chi connectivity index (χ1n) is 12.1. The van der Waals surface area contributed by atoms with Gasteiger partial charge in [-0.1, -0.05) is 42.7 Å². The molecule has 2 amide bonds. The van der Waals surface area contributed by atoms with Gasteiger partial charge in [-0.25, -0.2) is 13.9 Å². The van der Waals surface area contributed by atoms with E-state index in [9.17, 15) is 19.2 Å². The highest BCUT2D eigenvalue weighted by Crippen LogP contribution is 2.19. The predicted molar refractivity (Wildman–Crippen MR) is 135 cm³/mol. The van der Waals surface area contributed by atoms with E-state index < -0.39 is 5.69 Å². The molecule has 2 aromatic carbocycles. The van der Waals surface area contributed by atoms with Crippen LogP contribution in [0, 0.1) is 6.92 Å². The van der Waals surface area contributed by atoms with E-state index in [1.807, 2.05) is 31.2 Å². The SMILES string of the molecule is Cc1ccc(CNC(=O)Cn2nc3n(C)c(=O)c4ccc(C(=O)NC5CCCC5)cc4n3c2=O)cc1. The van der Waals surface area contributed by atoms with E-state index in [2.05, 4.69) is 15.7 Å². The van der Waals surface area contributed by atoms with Crippen LogP contribution in [0.3, 0.4) is 0 Å². The van der Waals surface area contributed by atoms with E-state index in [4.69, 9.17) is 0 Å². The summed E-state index contributed by atoms with van der Waals surface area (Å²) < 4.78 is 3.57. The number of hydrogen-bond donors (Lipinski definition) is 2. The van der Waals surface area contributed by atoms with Crippen LogP contribution < -0.4 is 21.9 Å². The molecule has 5 rings (SSSR count). The number of aryl methyl sites for hydroxylation is 2. The zero-order valence-corrected chi connectivity index (χ0v) is 20.3. The first-order valence-corrected chi connectivity index (χ1v) is 12.1. The quantitative estimate of drug-likeness (QED) is 0.428. The maximum absolute atomic E-state index is 13.3. The van der Waals surface area contributed by atoms with Crippen LogP contribution in [-0.2, 0) is 24.9 Å². The van der Waals surface area contributed by atoms with Gasteiger partial charge in [0.15, 0.2) is 0 Å². The Bertz CT molecular complexity index is 1590. The van der Waals surface area contributed by atoms with Gasteiger partial charge in [-0.05, 0) is 43.5 Å². The van der Waals surface area contributed by atoms with Crippen LogP contribution in [0.25, 0.3) is 16.7 Å². The minimum atomic E-state index is -0.565. The molecule has 4 aromatic rings. The van der Waals surface area contributed by atoms with E-state index in [1.165, 1.54) is 16.0 Å². The van der Waals surface area contributed by atoms with Gasteiger partial charge in [0.25, 0.3) is 11.5 Å². The molecule has 2 aromatic heterocycles. The van der Waals surface area contributed by atoms with Crippen molar-refractivity contribution in [3.63, 3.8) is 0 Å². The summed E-state index contributed by atoms with van der Waals surface area (Å²) in [4.78, 5) is 51.6. The van der Waals surface area contributed by atoms with Crippen LogP contribution in [0.1, 0.15) is 47.2 Å². The summed E-state index contributed by atoms with van der Waals surface area (Å²) in [6.07, 6.45) is 4.07. The number of amides is 2.